The zero-order valence-corrected chi connectivity index (χ0v) is 29.6. The maximum atomic E-state index is 15.0. The summed E-state index contributed by atoms with van der Waals surface area (Å²) in [5, 5.41) is 12.1. The molecule has 1 saturated heterocycles. The van der Waals surface area contributed by atoms with Gasteiger partial charge in [0.05, 0.1) is 38.3 Å². The number of methoxy groups -OCH3 is 2. The molecule has 0 unspecified atom stereocenters. The van der Waals surface area contributed by atoms with Crippen molar-refractivity contribution in [1.82, 2.24) is 4.90 Å². The van der Waals surface area contributed by atoms with E-state index in [0.29, 0.717) is 31.0 Å². The first-order chi connectivity index (χ1) is 23.5. The number of fused-ring (bicyclic) bond motifs is 3. The fourth-order valence-corrected chi connectivity index (χ4v) is 12.9. The molecule has 3 saturated carbocycles. The molecule has 2 bridgehead atoms. The molecule has 10 rings (SSSR count). The van der Waals surface area contributed by atoms with E-state index < -0.39 is 11.0 Å². The van der Waals surface area contributed by atoms with Gasteiger partial charge in [0.2, 0.25) is 0 Å². The highest BCUT2D eigenvalue weighted by molar-refractivity contribution is 7.21. The van der Waals surface area contributed by atoms with E-state index in [1.165, 1.54) is 0 Å². The van der Waals surface area contributed by atoms with Crippen LogP contribution in [-0.2, 0) is 11.3 Å². The summed E-state index contributed by atoms with van der Waals surface area (Å²) in [6.07, 6.45) is 12.4. The van der Waals surface area contributed by atoms with E-state index in [0.717, 1.165) is 64.6 Å². The third-order valence-corrected chi connectivity index (χ3v) is 15.5. The van der Waals surface area contributed by atoms with Crippen LogP contribution in [0.5, 0.6) is 11.5 Å². The molecule has 8 heteroatoms. The number of aliphatic hydroxyl groups excluding tert-OH is 1. The molecule has 7 aliphatic rings. The molecule has 49 heavy (non-hydrogen) atoms. The van der Waals surface area contributed by atoms with Gasteiger partial charge >= 0.3 is 6.09 Å². The maximum absolute atomic E-state index is 15.0. The van der Waals surface area contributed by atoms with Crippen LogP contribution in [0.2, 0.25) is 0 Å². The van der Waals surface area contributed by atoms with Crippen LogP contribution in [0.25, 0.3) is 10.1 Å². The van der Waals surface area contributed by atoms with Gasteiger partial charge in [0, 0.05) is 38.1 Å². The molecule has 0 radical (unpaired) electrons. The molecule has 256 valence electrons. The van der Waals surface area contributed by atoms with Crippen molar-refractivity contribution in [3.05, 3.63) is 82.8 Å². The molecule has 1 aliphatic heterocycles. The molecule has 1 aromatic heterocycles. The van der Waals surface area contributed by atoms with Crippen molar-refractivity contribution in [3.8, 4) is 11.5 Å². The average Bonchev–Trinajstić information content (AvgIpc) is 3.77. The van der Waals surface area contributed by atoms with Crippen molar-refractivity contribution in [1.29, 1.82) is 0 Å². The number of benzene rings is 2. The largest absolute Gasteiger partial charge is 0.497 e. The number of hydrogen-bond donors (Lipinski definition) is 1. The summed E-state index contributed by atoms with van der Waals surface area (Å²) in [6.45, 7) is 5.68. The highest BCUT2D eigenvalue weighted by Crippen LogP contribution is 2.79. The minimum absolute atomic E-state index is 0.0642. The Morgan fingerprint density at radius 2 is 1.76 bits per heavy atom. The normalized spacial score (nSPS) is 38.6. The quantitative estimate of drug-likeness (QED) is 0.208. The molecule has 4 fully saturated rings. The number of rotatable bonds is 6. The lowest BCUT2D eigenvalue weighted by Crippen LogP contribution is -2.67. The smallest absolute Gasteiger partial charge is 0.410 e. The Morgan fingerprint density at radius 1 is 0.980 bits per heavy atom. The van der Waals surface area contributed by atoms with E-state index in [4.69, 9.17) is 14.2 Å². The molecular weight excluding hydrogens is 635 g/mol. The number of Topliss-reactive ketones (excluding diaryl/α,β-unsaturated/α-hetero) is 1. The molecule has 6 aliphatic carbocycles. The Bertz CT molecular complexity index is 1930. The van der Waals surface area contributed by atoms with Crippen LogP contribution in [0.3, 0.4) is 0 Å². The predicted octanol–water partition coefficient (Wildman–Crippen LogP) is 8.35. The van der Waals surface area contributed by atoms with Gasteiger partial charge in [0.15, 0.2) is 5.78 Å². The second-order valence-electron chi connectivity index (χ2n) is 16.2. The molecule has 1 amide bonds. The topological polar surface area (TPSA) is 85.3 Å². The molecule has 8 atom stereocenters. The number of carbonyl (C=O) groups is 2. The van der Waals surface area contributed by atoms with Crippen LogP contribution in [0, 0.1) is 33.5 Å². The van der Waals surface area contributed by atoms with Crippen LogP contribution in [0.15, 0.2) is 72.3 Å². The van der Waals surface area contributed by atoms with Crippen molar-refractivity contribution in [2.45, 2.75) is 77.0 Å². The van der Waals surface area contributed by atoms with E-state index >= 15 is 4.79 Å². The van der Waals surface area contributed by atoms with Gasteiger partial charge in [0.1, 0.15) is 17.1 Å². The van der Waals surface area contributed by atoms with Gasteiger partial charge in [-0.2, -0.15) is 0 Å². The van der Waals surface area contributed by atoms with Crippen molar-refractivity contribution in [3.63, 3.8) is 0 Å². The fourth-order valence-electron chi connectivity index (χ4n) is 11.9. The van der Waals surface area contributed by atoms with Crippen molar-refractivity contribution < 1.29 is 28.9 Å². The molecule has 3 aromatic rings. The highest BCUT2D eigenvalue weighted by atomic mass is 32.1. The summed E-state index contributed by atoms with van der Waals surface area (Å²) in [5.41, 5.74) is -0.0449. The summed E-state index contributed by atoms with van der Waals surface area (Å²) in [5.74, 6) is 1.90. The summed E-state index contributed by atoms with van der Waals surface area (Å²) >= 11 is 1.58. The van der Waals surface area contributed by atoms with E-state index in [9.17, 15) is 9.90 Å². The summed E-state index contributed by atoms with van der Waals surface area (Å²) < 4.78 is 18.8. The Morgan fingerprint density at radius 3 is 2.55 bits per heavy atom. The number of allylic oxidation sites excluding steroid dienone is 4. The van der Waals surface area contributed by atoms with Gasteiger partial charge in [-0.1, -0.05) is 50.3 Å². The first-order valence-electron chi connectivity index (χ1n) is 17.9. The van der Waals surface area contributed by atoms with Crippen molar-refractivity contribution in [2.24, 2.45) is 33.5 Å². The summed E-state index contributed by atoms with van der Waals surface area (Å²) in [7, 11) is 3.27. The lowest BCUT2D eigenvalue weighted by Gasteiger charge is -2.71. The standard InChI is InChI=1S/C41H45NO6S/c1-37-14-11-27(43)21-39(37)17-18-41(29(22-39)35(44)32-19-25-7-5-6-8-31(25)49-32)33(37)12-15-38(2)34(41)13-16-40(38)24-42(36(45)48-40)23-26-9-10-28(46-3)20-30(26)47-4/h5-10,17-20,22,27,33-34,43H,11-16,21,23-24H2,1-4H3/t27-,33+,34+,37+,38-,39-,40+,41+/m0/s1. The second-order valence-corrected chi connectivity index (χ2v) is 17.2. The summed E-state index contributed by atoms with van der Waals surface area (Å²) in [4.78, 5) is 31.4. The number of aliphatic hydroxyl groups is 1. The van der Waals surface area contributed by atoms with Crippen LogP contribution in [0.1, 0.15) is 74.0 Å². The van der Waals surface area contributed by atoms with Crippen molar-refractivity contribution in [2.75, 3.05) is 20.8 Å². The Kier molecular flexibility index (Phi) is 6.69. The van der Waals surface area contributed by atoms with E-state index in [2.05, 4.69) is 50.3 Å². The maximum Gasteiger partial charge on any atom is 0.410 e. The molecule has 2 aromatic carbocycles. The van der Waals surface area contributed by atoms with Gasteiger partial charge in [-0.15, -0.1) is 11.3 Å². The number of carbonyl (C=O) groups excluding carboxylic acids is 2. The first kappa shape index (κ1) is 31.4. The Labute approximate surface area is 291 Å². The van der Waals surface area contributed by atoms with Gasteiger partial charge < -0.3 is 19.3 Å². The minimum Gasteiger partial charge on any atom is -0.497 e. The zero-order valence-electron chi connectivity index (χ0n) is 28.8. The van der Waals surface area contributed by atoms with Gasteiger partial charge in [-0.25, -0.2) is 4.79 Å². The van der Waals surface area contributed by atoms with E-state index in [-0.39, 0.29) is 46.1 Å². The summed E-state index contributed by atoms with van der Waals surface area (Å²) in [6, 6.07) is 16.0. The molecule has 7 nitrogen and oxygen atoms in total. The Balaban J connectivity index is 1.12. The van der Waals surface area contributed by atoms with Crippen LogP contribution in [0.4, 0.5) is 4.79 Å². The monoisotopic (exact) mass is 679 g/mol. The number of amides is 1. The molecule has 3 spiro atoms. The highest BCUT2D eigenvalue weighted by Gasteiger charge is 2.76. The SMILES string of the molecule is COc1ccc(CN2C[C@@]3(CC[C@H]4[C@]56C=C[C@@]7(C=C5C(=O)c5cc8ccccc8s5)C[C@@H](O)CC[C@]7(C)[C@H]6CC[C@@]43C)OC2=O)c(OC)c1. The minimum atomic E-state index is -0.649. The predicted molar refractivity (Wildman–Crippen MR) is 189 cm³/mol. The number of hydrogen-bond acceptors (Lipinski definition) is 7. The lowest BCUT2D eigenvalue weighted by atomic mass is 9.32. The lowest BCUT2D eigenvalue weighted by molar-refractivity contribution is -0.164. The van der Waals surface area contributed by atoms with E-state index in [1.54, 1.807) is 25.6 Å². The zero-order chi connectivity index (χ0) is 34.0. The molecule has 2 heterocycles. The third-order valence-electron chi connectivity index (χ3n) is 14.4. The van der Waals surface area contributed by atoms with Gasteiger partial charge in [0.25, 0.3) is 0 Å². The second kappa shape index (κ2) is 10.5. The van der Waals surface area contributed by atoms with Crippen LogP contribution in [-0.4, -0.2) is 54.4 Å². The number of ketones is 1. The molecule has 1 N–H and O–H groups in total. The van der Waals surface area contributed by atoms with Crippen molar-refractivity contribution >= 4 is 33.3 Å². The number of thiophene rings is 1. The van der Waals surface area contributed by atoms with Crippen LogP contribution < -0.4 is 9.47 Å². The number of ether oxygens (including phenoxy) is 3. The fraction of sp³-hybridized carbons (Fsp3) is 0.512. The number of nitrogens with zero attached hydrogens (tertiary/aromatic N) is 1. The molecular formula is C41H45NO6S. The van der Waals surface area contributed by atoms with Gasteiger partial charge in [-0.3, -0.25) is 9.69 Å². The Hall–Kier alpha value is -3.62. The van der Waals surface area contributed by atoms with E-state index in [1.807, 2.05) is 35.2 Å². The third kappa shape index (κ3) is 3.99. The van der Waals surface area contributed by atoms with Crippen LogP contribution >= 0.6 is 11.3 Å². The first-order valence-corrected chi connectivity index (χ1v) is 18.7. The average molecular weight is 680 g/mol. The van der Waals surface area contributed by atoms with Gasteiger partial charge in [-0.05, 0) is 91.8 Å².